The molecule has 6 heteroatoms. The Bertz CT molecular complexity index is 1230. The smallest absolute Gasteiger partial charge is 0.221 e. The van der Waals surface area contributed by atoms with Crippen LogP contribution in [0.4, 0.5) is 9.39 Å². The fourth-order valence-electron chi connectivity index (χ4n) is 4.41. The zero-order valence-corrected chi connectivity index (χ0v) is 17.4. The third-order valence-electron chi connectivity index (χ3n) is 5.65. The Morgan fingerprint density at radius 1 is 1.17 bits per heavy atom. The van der Waals surface area contributed by atoms with Crippen LogP contribution in [-0.2, 0) is 17.8 Å². The second-order valence-electron chi connectivity index (χ2n) is 7.65. The van der Waals surface area contributed by atoms with Crippen molar-refractivity contribution in [2.45, 2.75) is 25.9 Å². The van der Waals surface area contributed by atoms with Gasteiger partial charge in [-0.15, -0.1) is 11.3 Å². The number of aromatic nitrogens is 1. The Labute approximate surface area is 178 Å². The summed E-state index contributed by atoms with van der Waals surface area (Å²) >= 11 is 1.57. The number of para-hydroxylation sites is 1. The molecule has 2 N–H and O–H groups in total. The summed E-state index contributed by atoms with van der Waals surface area (Å²) in [6, 6.07) is 19.1. The van der Waals surface area contributed by atoms with Crippen LogP contribution in [0.1, 0.15) is 34.7 Å². The van der Waals surface area contributed by atoms with Gasteiger partial charge in [0.1, 0.15) is 5.82 Å². The molecule has 4 nitrogen and oxygen atoms in total. The highest BCUT2D eigenvalue weighted by Gasteiger charge is 2.33. The highest BCUT2D eigenvalue weighted by Crippen LogP contribution is 2.40. The van der Waals surface area contributed by atoms with Gasteiger partial charge in [-0.25, -0.2) is 4.39 Å². The standard InChI is InChI=1S/C24H22FN3OS/c1-15(29)26-22-11-10-16(30-22)14-28-13-12-18-17-6-3-5-9-21(17)27-23(18)24(28)19-7-2-4-8-20(19)25/h2-11,24,27H,12-14H2,1H3,(H,26,29). The van der Waals surface area contributed by atoms with E-state index >= 15 is 0 Å². The number of anilines is 1. The molecule has 0 saturated carbocycles. The van der Waals surface area contributed by atoms with Gasteiger partial charge in [0.2, 0.25) is 5.91 Å². The number of rotatable bonds is 4. The molecule has 1 aliphatic rings. The lowest BCUT2D eigenvalue weighted by molar-refractivity contribution is -0.114. The number of halogens is 1. The Kier molecular flexibility index (Phi) is 4.89. The number of nitrogens with zero attached hydrogens (tertiary/aromatic N) is 1. The molecule has 5 rings (SSSR count). The number of aromatic amines is 1. The van der Waals surface area contributed by atoms with E-state index in [4.69, 9.17) is 0 Å². The van der Waals surface area contributed by atoms with E-state index in [-0.39, 0.29) is 17.8 Å². The second kappa shape index (κ2) is 7.70. The quantitative estimate of drug-likeness (QED) is 0.460. The van der Waals surface area contributed by atoms with E-state index in [1.807, 2.05) is 30.3 Å². The number of carbonyl (C=O) groups is 1. The summed E-state index contributed by atoms with van der Waals surface area (Å²) in [5.41, 5.74) is 4.13. The van der Waals surface area contributed by atoms with Crippen molar-refractivity contribution in [2.75, 3.05) is 11.9 Å². The first-order valence-corrected chi connectivity index (χ1v) is 10.9. The molecule has 0 fully saturated rings. The Morgan fingerprint density at radius 3 is 2.80 bits per heavy atom. The second-order valence-corrected chi connectivity index (χ2v) is 8.82. The maximum absolute atomic E-state index is 14.9. The fraction of sp³-hybridized carbons (Fsp3) is 0.208. The minimum absolute atomic E-state index is 0.0756. The summed E-state index contributed by atoms with van der Waals surface area (Å²) in [4.78, 5) is 18.4. The van der Waals surface area contributed by atoms with Crippen LogP contribution in [0.2, 0.25) is 0 Å². The minimum atomic E-state index is -0.191. The van der Waals surface area contributed by atoms with E-state index < -0.39 is 0 Å². The lowest BCUT2D eigenvalue weighted by Crippen LogP contribution is -2.35. The summed E-state index contributed by atoms with van der Waals surface area (Å²) in [6.07, 6.45) is 0.911. The molecule has 152 valence electrons. The maximum Gasteiger partial charge on any atom is 0.221 e. The molecule has 1 unspecified atom stereocenters. The van der Waals surface area contributed by atoms with Crippen LogP contribution >= 0.6 is 11.3 Å². The average Bonchev–Trinajstić information content (AvgIpc) is 3.32. The van der Waals surface area contributed by atoms with Crippen LogP contribution in [0, 0.1) is 5.82 Å². The third kappa shape index (κ3) is 3.42. The predicted molar refractivity (Wildman–Crippen MR) is 119 cm³/mol. The maximum atomic E-state index is 14.9. The molecule has 0 spiro atoms. The van der Waals surface area contributed by atoms with Crippen molar-refractivity contribution in [3.05, 3.63) is 88.2 Å². The van der Waals surface area contributed by atoms with Crippen LogP contribution in [-0.4, -0.2) is 22.3 Å². The Hall–Kier alpha value is -2.96. The Morgan fingerprint density at radius 2 is 1.97 bits per heavy atom. The summed E-state index contributed by atoms with van der Waals surface area (Å²) in [5.74, 6) is -0.266. The van der Waals surface area contributed by atoms with Gasteiger partial charge in [0.25, 0.3) is 0 Å². The number of nitrogens with one attached hydrogen (secondary N) is 2. The molecular weight excluding hydrogens is 397 g/mol. The summed E-state index contributed by atoms with van der Waals surface area (Å²) in [5, 5.41) is 4.90. The van der Waals surface area contributed by atoms with Crippen molar-refractivity contribution in [2.24, 2.45) is 0 Å². The number of H-pyrrole nitrogens is 1. The average molecular weight is 420 g/mol. The number of fused-ring (bicyclic) bond motifs is 3. The predicted octanol–water partition coefficient (Wildman–Crippen LogP) is 5.47. The topological polar surface area (TPSA) is 48.1 Å². The third-order valence-corrected chi connectivity index (χ3v) is 6.64. The first kappa shape index (κ1) is 19.0. The van der Waals surface area contributed by atoms with Crippen LogP contribution < -0.4 is 5.32 Å². The number of benzene rings is 2. The van der Waals surface area contributed by atoms with Gasteiger partial charge in [-0.2, -0.15) is 0 Å². The molecule has 2 aromatic heterocycles. The number of amides is 1. The van der Waals surface area contributed by atoms with Crippen molar-refractivity contribution < 1.29 is 9.18 Å². The summed E-state index contributed by atoms with van der Waals surface area (Å²) in [7, 11) is 0. The lowest BCUT2D eigenvalue weighted by Gasteiger charge is -2.36. The van der Waals surface area contributed by atoms with Crippen molar-refractivity contribution in [1.29, 1.82) is 0 Å². The Balaban J connectivity index is 1.56. The van der Waals surface area contributed by atoms with Gasteiger partial charge in [-0.05, 0) is 36.2 Å². The van der Waals surface area contributed by atoms with Gasteiger partial charge in [0.05, 0.1) is 11.0 Å². The molecule has 0 saturated heterocycles. The monoisotopic (exact) mass is 419 g/mol. The SMILES string of the molecule is CC(=O)Nc1ccc(CN2CCc3c([nH]c4ccccc34)C2c2ccccc2F)s1. The highest BCUT2D eigenvalue weighted by atomic mass is 32.1. The molecular formula is C24H22FN3OS. The number of carbonyl (C=O) groups excluding carboxylic acids is 1. The van der Waals surface area contributed by atoms with E-state index in [2.05, 4.69) is 33.4 Å². The first-order chi connectivity index (χ1) is 14.6. The minimum Gasteiger partial charge on any atom is -0.357 e. The first-order valence-electron chi connectivity index (χ1n) is 10.0. The number of hydrogen-bond donors (Lipinski definition) is 2. The highest BCUT2D eigenvalue weighted by molar-refractivity contribution is 7.16. The zero-order valence-electron chi connectivity index (χ0n) is 16.6. The van der Waals surface area contributed by atoms with Crippen molar-refractivity contribution in [3.8, 4) is 0 Å². The molecule has 1 amide bonds. The van der Waals surface area contributed by atoms with Crippen molar-refractivity contribution >= 4 is 33.1 Å². The molecule has 4 aromatic rings. The number of hydrogen-bond acceptors (Lipinski definition) is 3. The molecule has 1 aliphatic heterocycles. The van der Waals surface area contributed by atoms with Gasteiger partial charge in [-0.1, -0.05) is 36.4 Å². The van der Waals surface area contributed by atoms with Gasteiger partial charge in [-0.3, -0.25) is 9.69 Å². The molecule has 30 heavy (non-hydrogen) atoms. The summed E-state index contributed by atoms with van der Waals surface area (Å²) < 4.78 is 14.9. The van der Waals surface area contributed by atoms with Crippen LogP contribution in [0.25, 0.3) is 10.9 Å². The molecule has 1 atom stereocenters. The lowest BCUT2D eigenvalue weighted by atomic mass is 9.92. The molecule has 0 aliphatic carbocycles. The normalized spacial score (nSPS) is 16.5. The zero-order chi connectivity index (χ0) is 20.7. The largest absolute Gasteiger partial charge is 0.357 e. The van der Waals surface area contributed by atoms with Crippen LogP contribution in [0.3, 0.4) is 0 Å². The fourth-order valence-corrected chi connectivity index (χ4v) is 5.39. The van der Waals surface area contributed by atoms with Gasteiger partial charge in [0, 0.05) is 47.1 Å². The van der Waals surface area contributed by atoms with Gasteiger partial charge >= 0.3 is 0 Å². The van der Waals surface area contributed by atoms with E-state index in [0.717, 1.165) is 34.1 Å². The van der Waals surface area contributed by atoms with Gasteiger partial charge < -0.3 is 10.3 Å². The molecule has 2 aromatic carbocycles. The van der Waals surface area contributed by atoms with Crippen molar-refractivity contribution in [3.63, 3.8) is 0 Å². The number of thiophene rings is 1. The van der Waals surface area contributed by atoms with E-state index in [1.165, 1.54) is 23.9 Å². The van der Waals surface area contributed by atoms with E-state index in [0.29, 0.717) is 12.1 Å². The van der Waals surface area contributed by atoms with Crippen LogP contribution in [0.15, 0.2) is 60.7 Å². The summed E-state index contributed by atoms with van der Waals surface area (Å²) in [6.45, 7) is 3.04. The molecule has 3 heterocycles. The van der Waals surface area contributed by atoms with Crippen LogP contribution in [0.5, 0.6) is 0 Å². The van der Waals surface area contributed by atoms with Crippen molar-refractivity contribution in [1.82, 2.24) is 9.88 Å². The molecule has 0 radical (unpaired) electrons. The van der Waals surface area contributed by atoms with Gasteiger partial charge in [0.15, 0.2) is 0 Å². The van der Waals surface area contributed by atoms with E-state index in [1.54, 1.807) is 17.4 Å². The molecule has 0 bridgehead atoms. The van der Waals surface area contributed by atoms with E-state index in [9.17, 15) is 9.18 Å².